The highest BCUT2D eigenvalue weighted by Gasteiger charge is 2.37. The van der Waals surface area contributed by atoms with Crippen molar-refractivity contribution in [1.82, 2.24) is 0 Å². The van der Waals surface area contributed by atoms with Crippen molar-refractivity contribution in [2.24, 2.45) is 0 Å². The Hall–Kier alpha value is -2.40. The van der Waals surface area contributed by atoms with Gasteiger partial charge in [0.1, 0.15) is 5.60 Å². The minimum atomic E-state index is -0.688. The fourth-order valence-corrected chi connectivity index (χ4v) is 2.64. The summed E-state index contributed by atoms with van der Waals surface area (Å²) >= 11 is 0. The number of aliphatic hydroxyl groups is 1. The third kappa shape index (κ3) is 2.23. The Morgan fingerprint density at radius 3 is 2.64 bits per heavy atom. The number of ether oxygens (including phenoxy) is 1. The zero-order chi connectivity index (χ0) is 16.1. The average molecular weight is 299 g/mol. The van der Waals surface area contributed by atoms with Crippen LogP contribution in [0.3, 0.4) is 0 Å². The van der Waals surface area contributed by atoms with Gasteiger partial charge in [0.15, 0.2) is 0 Å². The lowest BCUT2D eigenvalue weighted by molar-refractivity contribution is 0.0567. The van der Waals surface area contributed by atoms with Gasteiger partial charge in [0.2, 0.25) is 0 Å². The second-order valence-electron chi connectivity index (χ2n) is 6.30. The Labute approximate surface area is 128 Å². The molecule has 5 heteroatoms. The van der Waals surface area contributed by atoms with Crippen molar-refractivity contribution < 1.29 is 19.4 Å². The highest BCUT2D eigenvalue weighted by molar-refractivity contribution is 6.32. The predicted octanol–water partition coefficient (Wildman–Crippen LogP) is 3.23. The largest absolute Gasteiger partial charge is 0.443 e. The number of rotatable bonds is 1. The van der Waals surface area contributed by atoms with Crippen LogP contribution in [0.15, 0.2) is 30.3 Å². The molecule has 0 unspecified atom stereocenters. The lowest BCUT2D eigenvalue weighted by Gasteiger charge is -2.23. The van der Waals surface area contributed by atoms with Gasteiger partial charge in [0, 0.05) is 5.39 Å². The molecule has 0 bridgehead atoms. The molecular formula is C17H17NO4. The molecule has 2 amide bonds. The van der Waals surface area contributed by atoms with Gasteiger partial charge in [0.25, 0.3) is 5.91 Å². The van der Waals surface area contributed by atoms with E-state index >= 15 is 0 Å². The van der Waals surface area contributed by atoms with Crippen LogP contribution in [0.5, 0.6) is 0 Å². The molecule has 114 valence electrons. The monoisotopic (exact) mass is 299 g/mol. The number of amides is 2. The topological polar surface area (TPSA) is 66.8 Å². The summed E-state index contributed by atoms with van der Waals surface area (Å²) in [6, 6.07) is 8.79. The number of nitrogens with zero attached hydrogens (tertiary/aromatic N) is 1. The van der Waals surface area contributed by atoms with E-state index in [0.29, 0.717) is 16.8 Å². The molecule has 0 radical (unpaired) electrons. The van der Waals surface area contributed by atoms with Crippen LogP contribution in [0.25, 0.3) is 10.8 Å². The molecule has 0 atom stereocenters. The maximum Gasteiger partial charge on any atom is 0.422 e. The SMILES string of the molecule is CC(C)(C)OC(=O)N1C(=O)c2cc(CO)cc3cccc1c23. The molecule has 1 aliphatic heterocycles. The van der Waals surface area contributed by atoms with Gasteiger partial charge >= 0.3 is 6.09 Å². The van der Waals surface area contributed by atoms with Gasteiger partial charge in [-0.25, -0.2) is 9.69 Å². The molecule has 3 rings (SSSR count). The van der Waals surface area contributed by atoms with E-state index in [1.807, 2.05) is 12.1 Å². The summed E-state index contributed by atoms with van der Waals surface area (Å²) in [4.78, 5) is 26.0. The Kier molecular flexibility index (Phi) is 3.18. The van der Waals surface area contributed by atoms with Crippen molar-refractivity contribution >= 4 is 28.5 Å². The summed E-state index contributed by atoms with van der Waals surface area (Å²) in [7, 11) is 0. The molecule has 0 saturated heterocycles. The van der Waals surface area contributed by atoms with Crippen LogP contribution in [0.4, 0.5) is 10.5 Å². The summed E-state index contributed by atoms with van der Waals surface area (Å²) in [6.07, 6.45) is -0.688. The number of benzene rings is 2. The average Bonchev–Trinajstić information content (AvgIpc) is 2.71. The first-order chi connectivity index (χ1) is 10.3. The summed E-state index contributed by atoms with van der Waals surface area (Å²) in [6.45, 7) is 5.10. The fraction of sp³-hybridized carbons (Fsp3) is 0.294. The van der Waals surface area contributed by atoms with Crippen molar-refractivity contribution in [1.29, 1.82) is 0 Å². The van der Waals surface area contributed by atoms with E-state index in [1.54, 1.807) is 39.0 Å². The third-order valence-corrected chi connectivity index (χ3v) is 3.45. The molecular weight excluding hydrogens is 282 g/mol. The summed E-state index contributed by atoms with van der Waals surface area (Å²) in [5, 5.41) is 10.9. The Morgan fingerprint density at radius 1 is 1.27 bits per heavy atom. The molecule has 1 aliphatic rings. The molecule has 0 aliphatic carbocycles. The quantitative estimate of drug-likeness (QED) is 0.878. The van der Waals surface area contributed by atoms with Crippen molar-refractivity contribution in [2.45, 2.75) is 33.0 Å². The molecule has 0 fully saturated rings. The zero-order valence-corrected chi connectivity index (χ0v) is 12.7. The number of aliphatic hydroxyl groups excluding tert-OH is 1. The predicted molar refractivity (Wildman–Crippen MR) is 82.9 cm³/mol. The second kappa shape index (κ2) is 4.81. The second-order valence-corrected chi connectivity index (χ2v) is 6.30. The number of carbonyl (C=O) groups excluding carboxylic acids is 2. The van der Waals surface area contributed by atoms with E-state index < -0.39 is 17.6 Å². The van der Waals surface area contributed by atoms with Crippen LogP contribution < -0.4 is 4.90 Å². The van der Waals surface area contributed by atoms with Crippen LogP contribution in [0.2, 0.25) is 0 Å². The molecule has 1 heterocycles. The Morgan fingerprint density at radius 2 is 2.00 bits per heavy atom. The van der Waals surface area contributed by atoms with Crippen LogP contribution in [0, 0.1) is 0 Å². The first kappa shape index (κ1) is 14.5. The van der Waals surface area contributed by atoms with E-state index in [-0.39, 0.29) is 6.61 Å². The van der Waals surface area contributed by atoms with Crippen molar-refractivity contribution in [3.8, 4) is 0 Å². The molecule has 5 nitrogen and oxygen atoms in total. The van der Waals surface area contributed by atoms with Crippen molar-refractivity contribution in [3.05, 3.63) is 41.5 Å². The first-order valence-corrected chi connectivity index (χ1v) is 7.06. The van der Waals surface area contributed by atoms with Crippen LogP contribution >= 0.6 is 0 Å². The highest BCUT2D eigenvalue weighted by atomic mass is 16.6. The van der Waals surface area contributed by atoms with Crippen molar-refractivity contribution in [3.63, 3.8) is 0 Å². The lowest BCUT2D eigenvalue weighted by Crippen LogP contribution is -2.38. The number of hydrogen-bond acceptors (Lipinski definition) is 4. The van der Waals surface area contributed by atoms with Gasteiger partial charge in [-0.3, -0.25) is 4.79 Å². The molecule has 0 spiro atoms. The van der Waals surface area contributed by atoms with E-state index in [0.717, 1.165) is 15.7 Å². The number of hydrogen-bond donors (Lipinski definition) is 1. The maximum atomic E-state index is 12.6. The molecule has 1 N–H and O–H groups in total. The fourth-order valence-electron chi connectivity index (χ4n) is 2.64. The van der Waals surface area contributed by atoms with E-state index in [9.17, 15) is 14.7 Å². The first-order valence-electron chi connectivity index (χ1n) is 7.06. The number of carbonyl (C=O) groups is 2. The van der Waals surface area contributed by atoms with Gasteiger partial charge < -0.3 is 9.84 Å². The van der Waals surface area contributed by atoms with Gasteiger partial charge in [0.05, 0.1) is 17.9 Å². The molecule has 2 aromatic rings. The van der Waals surface area contributed by atoms with Crippen molar-refractivity contribution in [2.75, 3.05) is 4.90 Å². The molecule has 22 heavy (non-hydrogen) atoms. The Bertz CT molecular complexity index is 789. The normalized spacial score (nSPS) is 13.8. The lowest BCUT2D eigenvalue weighted by atomic mass is 10.0. The van der Waals surface area contributed by atoms with Gasteiger partial charge in [-0.1, -0.05) is 12.1 Å². The van der Waals surface area contributed by atoms with Gasteiger partial charge in [-0.05, 0) is 49.9 Å². The van der Waals surface area contributed by atoms with E-state index in [2.05, 4.69) is 0 Å². The number of imide groups is 1. The third-order valence-electron chi connectivity index (χ3n) is 3.45. The minimum Gasteiger partial charge on any atom is -0.443 e. The zero-order valence-electron chi connectivity index (χ0n) is 12.7. The van der Waals surface area contributed by atoms with Crippen LogP contribution in [-0.4, -0.2) is 22.7 Å². The van der Waals surface area contributed by atoms with Crippen LogP contribution in [0.1, 0.15) is 36.7 Å². The smallest absolute Gasteiger partial charge is 0.422 e. The Balaban J connectivity index is 2.14. The number of anilines is 1. The maximum absolute atomic E-state index is 12.6. The van der Waals surface area contributed by atoms with Crippen LogP contribution in [-0.2, 0) is 11.3 Å². The van der Waals surface area contributed by atoms with E-state index in [1.165, 1.54) is 0 Å². The van der Waals surface area contributed by atoms with Gasteiger partial charge in [-0.2, -0.15) is 0 Å². The molecule has 0 saturated carbocycles. The van der Waals surface area contributed by atoms with E-state index in [4.69, 9.17) is 4.74 Å². The standard InChI is InChI=1S/C17H17NO4/c1-17(2,3)22-16(21)18-13-6-4-5-11-7-10(9-19)8-12(14(11)13)15(18)20/h4-8,19H,9H2,1-3H3. The highest BCUT2D eigenvalue weighted by Crippen LogP contribution is 2.38. The van der Waals surface area contributed by atoms with Gasteiger partial charge in [-0.15, -0.1) is 0 Å². The summed E-state index contributed by atoms with van der Waals surface area (Å²) in [5.74, 6) is -0.421. The minimum absolute atomic E-state index is 0.160. The molecule has 0 aromatic heterocycles. The summed E-state index contributed by atoms with van der Waals surface area (Å²) < 4.78 is 5.33. The molecule has 2 aromatic carbocycles. The summed E-state index contributed by atoms with van der Waals surface area (Å²) in [5.41, 5.74) is 0.898.